The van der Waals surface area contributed by atoms with E-state index < -0.39 is 0 Å². The van der Waals surface area contributed by atoms with Gasteiger partial charge in [-0.3, -0.25) is 9.59 Å². The highest BCUT2D eigenvalue weighted by atomic mass is 35.5. The molecule has 176 valence electrons. The van der Waals surface area contributed by atoms with Gasteiger partial charge in [-0.1, -0.05) is 83.9 Å². The molecular weight excluding hydrogens is 491 g/mol. The molecule has 36 heavy (non-hydrogen) atoms. The number of halogens is 2. The maximum absolute atomic E-state index is 13.7. The predicted octanol–water partition coefficient (Wildman–Crippen LogP) is 7.64. The highest BCUT2D eigenvalue weighted by Gasteiger charge is 2.26. The van der Waals surface area contributed by atoms with Crippen LogP contribution in [0.5, 0.6) is 0 Å². The van der Waals surface area contributed by atoms with Crippen molar-refractivity contribution in [1.82, 2.24) is 9.55 Å². The van der Waals surface area contributed by atoms with Gasteiger partial charge in [0.1, 0.15) is 0 Å². The first kappa shape index (κ1) is 23.7. The first-order valence-electron chi connectivity index (χ1n) is 11.3. The minimum absolute atomic E-state index is 0.0691. The second-order valence-electron chi connectivity index (χ2n) is 8.22. The van der Waals surface area contributed by atoms with Gasteiger partial charge < -0.3 is 4.57 Å². The number of rotatable bonds is 7. The molecule has 0 fully saturated rings. The largest absolute Gasteiger partial charge is 0.313 e. The van der Waals surface area contributed by atoms with E-state index in [1.165, 1.54) is 0 Å². The smallest absolute Gasteiger partial charge is 0.228 e. The highest BCUT2D eigenvalue weighted by molar-refractivity contribution is 6.31. The van der Waals surface area contributed by atoms with Gasteiger partial charge >= 0.3 is 0 Å². The molecule has 5 rings (SSSR count). The van der Waals surface area contributed by atoms with Crippen molar-refractivity contribution in [1.29, 1.82) is 0 Å². The van der Waals surface area contributed by atoms with E-state index in [-0.39, 0.29) is 23.9 Å². The summed E-state index contributed by atoms with van der Waals surface area (Å²) in [6.07, 6.45) is 0. The van der Waals surface area contributed by atoms with Crippen molar-refractivity contribution < 1.29 is 9.59 Å². The molecule has 6 heteroatoms. The van der Waals surface area contributed by atoms with Crippen LogP contribution in [-0.2, 0) is 6.54 Å². The van der Waals surface area contributed by atoms with Crippen LogP contribution < -0.4 is 0 Å². The summed E-state index contributed by atoms with van der Waals surface area (Å²) in [5.41, 5.74) is 3.95. The van der Waals surface area contributed by atoms with Crippen molar-refractivity contribution in [2.24, 2.45) is 0 Å². The van der Waals surface area contributed by atoms with Crippen LogP contribution in [0.25, 0.3) is 22.5 Å². The van der Waals surface area contributed by atoms with Crippen LogP contribution >= 0.6 is 23.2 Å². The van der Waals surface area contributed by atoms with Crippen LogP contribution in [-0.4, -0.2) is 21.1 Å². The normalized spacial score (nSPS) is 10.8. The quantitative estimate of drug-likeness (QED) is 0.211. The number of ketones is 2. The molecule has 0 saturated heterocycles. The third-order valence-corrected chi connectivity index (χ3v) is 6.34. The summed E-state index contributed by atoms with van der Waals surface area (Å²) in [6, 6.07) is 32.7. The van der Waals surface area contributed by atoms with Gasteiger partial charge in [-0.25, -0.2) is 4.98 Å². The van der Waals surface area contributed by atoms with Gasteiger partial charge in [0.25, 0.3) is 0 Å². The van der Waals surface area contributed by atoms with E-state index in [2.05, 4.69) is 0 Å². The van der Waals surface area contributed by atoms with E-state index in [0.717, 1.165) is 11.1 Å². The summed E-state index contributed by atoms with van der Waals surface area (Å²) in [7, 11) is 0. The average molecular weight is 511 g/mol. The molecular formula is C30H20Cl2N2O2. The molecule has 0 unspecified atom stereocenters. The lowest BCUT2D eigenvalue weighted by molar-refractivity contribution is 0.0967. The SMILES string of the molecule is O=C(Cn1c(C(=O)c2ccc(Cl)cc2)nc(-c2ccccc2)c1-c1ccccc1)c1ccc(Cl)cc1. The number of imidazole rings is 1. The number of carbonyl (C=O) groups is 2. The summed E-state index contributed by atoms with van der Waals surface area (Å²) in [5.74, 6) is -0.279. The van der Waals surface area contributed by atoms with Crippen LogP contribution in [0.4, 0.5) is 0 Å². The van der Waals surface area contributed by atoms with Crippen molar-refractivity contribution in [3.63, 3.8) is 0 Å². The second kappa shape index (κ2) is 10.3. The molecule has 5 aromatic rings. The molecule has 4 aromatic carbocycles. The Kier molecular flexibility index (Phi) is 6.81. The van der Waals surface area contributed by atoms with Gasteiger partial charge in [-0.2, -0.15) is 0 Å². The fraction of sp³-hybridized carbons (Fsp3) is 0.0333. The number of nitrogens with zero attached hydrogens (tertiary/aromatic N) is 2. The molecule has 0 spiro atoms. The van der Waals surface area contributed by atoms with Crippen LogP contribution in [0.3, 0.4) is 0 Å². The first-order valence-corrected chi connectivity index (χ1v) is 12.1. The van der Waals surface area contributed by atoms with Gasteiger partial charge in [0.2, 0.25) is 5.78 Å². The maximum Gasteiger partial charge on any atom is 0.228 e. The fourth-order valence-corrected chi connectivity index (χ4v) is 4.32. The Morgan fingerprint density at radius 3 is 1.69 bits per heavy atom. The Hall–Kier alpha value is -3.99. The average Bonchev–Trinajstić information content (AvgIpc) is 3.29. The van der Waals surface area contributed by atoms with Gasteiger partial charge in [0.05, 0.1) is 17.9 Å². The third kappa shape index (κ3) is 4.87. The summed E-state index contributed by atoms with van der Waals surface area (Å²) in [5, 5.41) is 1.08. The Balaban J connectivity index is 1.72. The molecule has 1 heterocycles. The van der Waals surface area contributed by atoms with Crippen LogP contribution in [0, 0.1) is 0 Å². The van der Waals surface area contributed by atoms with E-state index in [4.69, 9.17) is 28.2 Å². The Morgan fingerprint density at radius 1 is 0.639 bits per heavy atom. The summed E-state index contributed by atoms with van der Waals surface area (Å²) in [6.45, 7) is -0.0691. The number of hydrogen-bond acceptors (Lipinski definition) is 3. The first-order chi connectivity index (χ1) is 17.5. The van der Waals surface area contributed by atoms with Crippen LogP contribution in [0.2, 0.25) is 10.0 Å². The van der Waals surface area contributed by atoms with E-state index in [0.29, 0.717) is 32.6 Å². The number of hydrogen-bond donors (Lipinski definition) is 0. The van der Waals surface area contributed by atoms with Gasteiger partial charge in [-0.05, 0) is 48.5 Å². The molecule has 0 saturated carbocycles. The minimum atomic E-state index is -0.296. The standard InChI is InChI=1S/C30H20Cl2N2O2/c31-24-15-11-20(12-16-24)26(35)19-34-28(22-9-5-2-6-10-22)27(21-7-3-1-4-8-21)33-30(34)29(36)23-13-17-25(32)18-14-23/h1-18H,19H2. The Labute approximate surface area is 218 Å². The van der Waals surface area contributed by atoms with Gasteiger partial charge in [-0.15, -0.1) is 0 Å². The highest BCUT2D eigenvalue weighted by Crippen LogP contribution is 2.34. The maximum atomic E-state index is 13.7. The lowest BCUT2D eigenvalue weighted by atomic mass is 10.0. The monoisotopic (exact) mass is 510 g/mol. The fourth-order valence-electron chi connectivity index (χ4n) is 4.07. The molecule has 0 N–H and O–H groups in total. The second-order valence-corrected chi connectivity index (χ2v) is 9.09. The summed E-state index contributed by atoms with van der Waals surface area (Å²) < 4.78 is 1.71. The van der Waals surface area contributed by atoms with Crippen molar-refractivity contribution in [3.8, 4) is 22.5 Å². The van der Waals surface area contributed by atoms with Crippen molar-refractivity contribution >= 4 is 34.8 Å². The van der Waals surface area contributed by atoms with Crippen LogP contribution in [0.15, 0.2) is 109 Å². The Bertz CT molecular complexity index is 1530. The zero-order valence-corrected chi connectivity index (χ0v) is 20.6. The molecule has 0 atom stereocenters. The number of Topliss-reactive ketones (excluding diaryl/α,β-unsaturated/α-hetero) is 1. The van der Waals surface area contributed by atoms with Crippen molar-refractivity contribution in [2.75, 3.05) is 0 Å². The summed E-state index contributed by atoms with van der Waals surface area (Å²) in [4.78, 5) is 31.9. The van der Waals surface area contributed by atoms with E-state index in [1.807, 2.05) is 60.7 Å². The number of aromatic nitrogens is 2. The minimum Gasteiger partial charge on any atom is -0.313 e. The van der Waals surface area contributed by atoms with Gasteiger partial charge in [0, 0.05) is 32.3 Å². The third-order valence-electron chi connectivity index (χ3n) is 5.84. The number of benzene rings is 4. The molecule has 0 radical (unpaired) electrons. The topological polar surface area (TPSA) is 52.0 Å². The molecule has 4 nitrogen and oxygen atoms in total. The van der Waals surface area contributed by atoms with E-state index in [1.54, 1.807) is 53.1 Å². The molecule has 0 bridgehead atoms. The Morgan fingerprint density at radius 2 is 1.14 bits per heavy atom. The molecule has 1 aromatic heterocycles. The molecule has 0 amide bonds. The van der Waals surface area contributed by atoms with Crippen molar-refractivity contribution in [3.05, 3.63) is 136 Å². The van der Waals surface area contributed by atoms with E-state index >= 15 is 0 Å². The zero-order chi connectivity index (χ0) is 25.1. The molecule has 0 aliphatic rings. The molecule has 0 aliphatic carbocycles. The lowest BCUT2D eigenvalue weighted by Crippen LogP contribution is -2.18. The predicted molar refractivity (Wildman–Crippen MR) is 144 cm³/mol. The lowest BCUT2D eigenvalue weighted by Gasteiger charge is -2.13. The number of carbonyl (C=O) groups excluding carboxylic acids is 2. The van der Waals surface area contributed by atoms with E-state index in [9.17, 15) is 9.59 Å². The molecule has 0 aliphatic heterocycles. The van der Waals surface area contributed by atoms with Crippen LogP contribution in [0.1, 0.15) is 26.5 Å². The summed E-state index contributed by atoms with van der Waals surface area (Å²) >= 11 is 12.1. The zero-order valence-electron chi connectivity index (χ0n) is 19.1. The van der Waals surface area contributed by atoms with Gasteiger partial charge in [0.15, 0.2) is 11.6 Å². The van der Waals surface area contributed by atoms with Crippen molar-refractivity contribution in [2.45, 2.75) is 6.54 Å².